The third-order valence-electron chi connectivity index (χ3n) is 9.86. The summed E-state index contributed by atoms with van der Waals surface area (Å²) in [6.07, 6.45) is 4.06. The molecule has 6 rings (SSSR count). The Labute approximate surface area is 277 Å². The maximum absolute atomic E-state index is 14.1. The molecule has 9 heteroatoms. The second-order valence-electron chi connectivity index (χ2n) is 13.1. The Morgan fingerprint density at radius 1 is 0.809 bits per heavy atom. The van der Waals surface area contributed by atoms with Crippen molar-refractivity contribution in [2.75, 3.05) is 45.1 Å². The molecule has 0 unspecified atom stereocenters. The summed E-state index contributed by atoms with van der Waals surface area (Å²) in [5, 5.41) is 6.14. The number of piperazine rings is 1. The van der Waals surface area contributed by atoms with E-state index < -0.39 is 12.1 Å². The van der Waals surface area contributed by atoms with Gasteiger partial charge in [-0.05, 0) is 67.1 Å². The van der Waals surface area contributed by atoms with E-state index >= 15 is 0 Å². The van der Waals surface area contributed by atoms with Gasteiger partial charge in [0.25, 0.3) is 0 Å². The van der Waals surface area contributed by atoms with Gasteiger partial charge in [0.15, 0.2) is 5.78 Å². The van der Waals surface area contributed by atoms with Crippen LogP contribution in [0.25, 0.3) is 0 Å². The molecule has 0 radical (unpaired) electrons. The van der Waals surface area contributed by atoms with Crippen LogP contribution in [0, 0.1) is 0 Å². The van der Waals surface area contributed by atoms with Crippen molar-refractivity contribution >= 4 is 29.2 Å². The Morgan fingerprint density at radius 2 is 1.53 bits per heavy atom. The number of nitrogens with zero attached hydrogens (tertiary/aromatic N) is 3. The van der Waals surface area contributed by atoms with Gasteiger partial charge in [-0.15, -0.1) is 0 Å². The molecule has 0 spiro atoms. The second-order valence-corrected chi connectivity index (χ2v) is 13.1. The first-order valence-corrected chi connectivity index (χ1v) is 16.9. The van der Waals surface area contributed by atoms with Crippen molar-refractivity contribution in [2.24, 2.45) is 0 Å². The monoisotopic (exact) mass is 635 g/mol. The van der Waals surface area contributed by atoms with Crippen LogP contribution in [0.5, 0.6) is 0 Å². The average Bonchev–Trinajstić information content (AvgIpc) is 3.57. The molecule has 2 atom stereocenters. The van der Waals surface area contributed by atoms with Gasteiger partial charge < -0.3 is 25.3 Å². The van der Waals surface area contributed by atoms with Gasteiger partial charge in [-0.3, -0.25) is 19.2 Å². The van der Waals surface area contributed by atoms with E-state index in [1.165, 1.54) is 11.1 Å². The number of amides is 3. The molecule has 3 aliphatic rings. The third kappa shape index (κ3) is 8.15. The summed E-state index contributed by atoms with van der Waals surface area (Å²) < 4.78 is 0. The minimum absolute atomic E-state index is 0.00528. The highest BCUT2D eigenvalue weighted by atomic mass is 16.2. The molecule has 0 aromatic heterocycles. The quantitative estimate of drug-likeness (QED) is 0.311. The lowest BCUT2D eigenvalue weighted by atomic mass is 9.92. The Morgan fingerprint density at radius 3 is 2.32 bits per heavy atom. The normalized spacial score (nSPS) is 18.6. The number of carbonyl (C=O) groups is 4. The fraction of sp³-hybridized carbons (Fsp3) is 0.421. The van der Waals surface area contributed by atoms with E-state index in [0.717, 1.165) is 62.3 Å². The Kier molecular flexibility index (Phi) is 10.4. The standard InChI is InChI=1S/C38H45N5O4/c1-41-20-22-42(23-21-41)19-18-33(37(46)39-32-15-14-27-12-7-13-29(27)24-32)40-38(47)34-25-30-10-5-6-11-31(30)26-43(34)36(45)17-16-35(44)28-8-3-2-4-9-28/h2-6,8-11,14-15,24,33-34H,7,12-13,16-23,25-26H2,1H3,(H,39,46)(H,40,47)/t33-,34-/m0/s1. The summed E-state index contributed by atoms with van der Waals surface area (Å²) in [5.41, 5.74) is 5.89. The van der Waals surface area contributed by atoms with Gasteiger partial charge >= 0.3 is 0 Å². The van der Waals surface area contributed by atoms with Gasteiger partial charge in [-0.1, -0.05) is 60.7 Å². The van der Waals surface area contributed by atoms with Crippen molar-refractivity contribution in [1.82, 2.24) is 20.0 Å². The number of nitrogens with one attached hydrogen (secondary N) is 2. The molecule has 246 valence electrons. The van der Waals surface area contributed by atoms with Gasteiger partial charge in [0.1, 0.15) is 12.1 Å². The molecule has 3 amide bonds. The number of Topliss-reactive ketones (excluding diaryl/α,β-unsaturated/α-hetero) is 1. The number of fused-ring (bicyclic) bond motifs is 2. The van der Waals surface area contributed by atoms with Crippen LogP contribution in [0.3, 0.4) is 0 Å². The number of aryl methyl sites for hydroxylation is 2. The molecule has 1 saturated heterocycles. The number of hydrogen-bond acceptors (Lipinski definition) is 6. The molecule has 3 aromatic carbocycles. The minimum atomic E-state index is -0.789. The van der Waals surface area contributed by atoms with Crippen LogP contribution < -0.4 is 10.6 Å². The Hall–Kier alpha value is -4.34. The molecule has 0 saturated carbocycles. The van der Waals surface area contributed by atoms with Crippen LogP contribution in [0.4, 0.5) is 5.69 Å². The Bertz CT molecular complexity index is 1600. The van der Waals surface area contributed by atoms with Crippen LogP contribution in [-0.4, -0.2) is 90.1 Å². The van der Waals surface area contributed by atoms with E-state index in [9.17, 15) is 19.2 Å². The largest absolute Gasteiger partial charge is 0.342 e. The topological polar surface area (TPSA) is 102 Å². The number of anilines is 1. The summed E-state index contributed by atoms with van der Waals surface area (Å²) in [6.45, 7) is 4.70. The van der Waals surface area contributed by atoms with E-state index in [2.05, 4.69) is 39.6 Å². The molecule has 3 aromatic rings. The zero-order valence-electron chi connectivity index (χ0n) is 27.2. The molecular formula is C38H45N5O4. The number of ketones is 1. The highest BCUT2D eigenvalue weighted by molar-refractivity contribution is 6.00. The molecule has 9 nitrogen and oxygen atoms in total. The van der Waals surface area contributed by atoms with Crippen LogP contribution >= 0.6 is 0 Å². The van der Waals surface area contributed by atoms with Gasteiger partial charge in [-0.25, -0.2) is 0 Å². The lowest BCUT2D eigenvalue weighted by Crippen LogP contribution is -2.56. The van der Waals surface area contributed by atoms with Gasteiger partial charge in [0, 0.05) is 69.8 Å². The summed E-state index contributed by atoms with van der Waals surface area (Å²) in [4.78, 5) is 60.6. The lowest BCUT2D eigenvalue weighted by molar-refractivity contribution is -0.142. The smallest absolute Gasteiger partial charge is 0.246 e. The third-order valence-corrected chi connectivity index (χ3v) is 9.86. The summed E-state index contributed by atoms with van der Waals surface area (Å²) in [6, 6.07) is 21.3. The predicted octanol–water partition coefficient (Wildman–Crippen LogP) is 3.85. The van der Waals surface area contributed by atoms with Crippen LogP contribution in [0.15, 0.2) is 72.8 Å². The van der Waals surface area contributed by atoms with Crippen molar-refractivity contribution in [3.05, 3.63) is 101 Å². The molecule has 1 aliphatic carbocycles. The van der Waals surface area contributed by atoms with Gasteiger partial charge in [0.2, 0.25) is 17.7 Å². The molecule has 0 bridgehead atoms. The first kappa shape index (κ1) is 32.6. The van der Waals surface area contributed by atoms with Crippen molar-refractivity contribution < 1.29 is 19.2 Å². The Balaban J connectivity index is 1.18. The zero-order chi connectivity index (χ0) is 32.8. The highest BCUT2D eigenvalue weighted by Gasteiger charge is 2.36. The number of carbonyl (C=O) groups excluding carboxylic acids is 4. The average molecular weight is 636 g/mol. The van der Waals surface area contributed by atoms with Crippen LogP contribution in [0.1, 0.15) is 58.3 Å². The first-order valence-electron chi connectivity index (χ1n) is 16.9. The number of benzene rings is 3. The van der Waals surface area contributed by atoms with Crippen molar-refractivity contribution in [3.8, 4) is 0 Å². The number of rotatable bonds is 11. The van der Waals surface area contributed by atoms with Gasteiger partial charge in [-0.2, -0.15) is 0 Å². The molecule has 47 heavy (non-hydrogen) atoms. The fourth-order valence-electron chi connectivity index (χ4n) is 6.95. The van der Waals surface area contributed by atoms with E-state index in [1.54, 1.807) is 29.2 Å². The lowest BCUT2D eigenvalue weighted by Gasteiger charge is -2.37. The summed E-state index contributed by atoms with van der Waals surface area (Å²) in [5.74, 6) is -0.965. The second kappa shape index (κ2) is 15.0. The van der Waals surface area contributed by atoms with E-state index in [0.29, 0.717) is 24.9 Å². The minimum Gasteiger partial charge on any atom is -0.342 e. The molecule has 2 N–H and O–H groups in total. The van der Waals surface area contributed by atoms with Crippen LogP contribution in [0.2, 0.25) is 0 Å². The number of likely N-dealkylation sites (N-methyl/N-ethyl adjacent to an activating group) is 1. The molecular weight excluding hydrogens is 590 g/mol. The predicted molar refractivity (Wildman–Crippen MR) is 182 cm³/mol. The summed E-state index contributed by atoms with van der Waals surface area (Å²) >= 11 is 0. The molecule has 1 fully saturated rings. The van der Waals surface area contributed by atoms with Crippen molar-refractivity contribution in [2.45, 2.75) is 63.6 Å². The first-order chi connectivity index (χ1) is 22.8. The van der Waals surface area contributed by atoms with E-state index in [-0.39, 0.29) is 42.9 Å². The van der Waals surface area contributed by atoms with E-state index in [4.69, 9.17) is 0 Å². The molecule has 2 aliphatic heterocycles. The maximum atomic E-state index is 14.1. The molecule has 2 heterocycles. The highest BCUT2D eigenvalue weighted by Crippen LogP contribution is 2.27. The van der Waals surface area contributed by atoms with E-state index in [1.807, 2.05) is 36.4 Å². The zero-order valence-corrected chi connectivity index (χ0v) is 27.2. The maximum Gasteiger partial charge on any atom is 0.246 e. The van der Waals surface area contributed by atoms with Gasteiger partial charge in [0.05, 0.1) is 0 Å². The summed E-state index contributed by atoms with van der Waals surface area (Å²) in [7, 11) is 2.11. The number of hydrogen-bond donors (Lipinski definition) is 2. The van der Waals surface area contributed by atoms with Crippen molar-refractivity contribution in [3.63, 3.8) is 0 Å². The fourth-order valence-corrected chi connectivity index (χ4v) is 6.95. The SMILES string of the molecule is CN1CCN(CC[C@H](NC(=O)[C@@H]2Cc3ccccc3CN2C(=O)CCC(=O)c2ccccc2)C(=O)Nc2ccc3c(c2)CCC3)CC1. The van der Waals surface area contributed by atoms with Crippen molar-refractivity contribution in [1.29, 1.82) is 0 Å². The van der Waals surface area contributed by atoms with Crippen LogP contribution in [-0.2, 0) is 40.2 Å².